The van der Waals surface area contributed by atoms with E-state index in [0.29, 0.717) is 6.04 Å². The summed E-state index contributed by atoms with van der Waals surface area (Å²) in [7, 11) is 0. The van der Waals surface area contributed by atoms with Crippen LogP contribution in [0.1, 0.15) is 27.2 Å². The van der Waals surface area contributed by atoms with Crippen molar-refractivity contribution in [2.75, 3.05) is 11.5 Å². The Morgan fingerprint density at radius 2 is 2.25 bits per heavy atom. The summed E-state index contributed by atoms with van der Waals surface area (Å²) >= 11 is 2.00. The Labute approximate surface area is 79.2 Å². The highest BCUT2D eigenvalue weighted by molar-refractivity contribution is 7.99. The van der Waals surface area contributed by atoms with E-state index in [1.54, 1.807) is 0 Å². The van der Waals surface area contributed by atoms with Gasteiger partial charge in [0.2, 0.25) is 0 Å². The molecular weight excluding hydrogens is 168 g/mol. The molecule has 1 N–H and O–H groups in total. The van der Waals surface area contributed by atoms with E-state index in [9.17, 15) is 0 Å². The predicted molar refractivity (Wildman–Crippen MR) is 56.8 cm³/mol. The zero-order valence-electron chi connectivity index (χ0n) is 8.13. The molecule has 0 amide bonds. The van der Waals surface area contributed by atoms with Crippen LogP contribution < -0.4 is 5.43 Å². The van der Waals surface area contributed by atoms with Gasteiger partial charge in [-0.2, -0.15) is 16.9 Å². The Hall–Kier alpha value is -0.180. The van der Waals surface area contributed by atoms with Gasteiger partial charge in [0.05, 0.1) is 6.04 Å². The van der Waals surface area contributed by atoms with E-state index < -0.39 is 0 Å². The number of nitrogens with zero attached hydrogens (tertiary/aromatic N) is 1. The van der Waals surface area contributed by atoms with E-state index in [0.717, 1.165) is 0 Å². The Morgan fingerprint density at radius 1 is 1.50 bits per heavy atom. The molecule has 12 heavy (non-hydrogen) atoms. The number of hydrogen-bond donors (Lipinski definition) is 1. The van der Waals surface area contributed by atoms with E-state index >= 15 is 0 Å². The summed E-state index contributed by atoms with van der Waals surface area (Å²) in [6, 6.07) is 0.605. The van der Waals surface area contributed by atoms with Gasteiger partial charge in [0.1, 0.15) is 0 Å². The molecule has 0 aromatic rings. The first kappa shape index (κ1) is 9.90. The van der Waals surface area contributed by atoms with Gasteiger partial charge in [0.15, 0.2) is 0 Å². The van der Waals surface area contributed by atoms with Crippen molar-refractivity contribution in [1.82, 2.24) is 5.43 Å². The minimum atomic E-state index is 0.193. The van der Waals surface area contributed by atoms with Crippen molar-refractivity contribution in [2.24, 2.45) is 10.5 Å². The number of nitrogens with one attached hydrogen (secondary N) is 1. The molecule has 0 radical (unpaired) electrons. The summed E-state index contributed by atoms with van der Waals surface area (Å²) in [5, 5.41) is 4.24. The van der Waals surface area contributed by atoms with E-state index in [2.05, 4.69) is 31.3 Å². The molecule has 1 aliphatic rings. The van der Waals surface area contributed by atoms with Crippen molar-refractivity contribution in [1.29, 1.82) is 0 Å². The highest BCUT2D eigenvalue weighted by Crippen LogP contribution is 2.17. The van der Waals surface area contributed by atoms with Gasteiger partial charge in [-0.05, 0) is 17.6 Å². The van der Waals surface area contributed by atoms with Gasteiger partial charge in [0, 0.05) is 12.0 Å². The molecule has 1 aliphatic heterocycles. The molecule has 1 heterocycles. The lowest BCUT2D eigenvalue weighted by molar-refractivity contribution is 0.559. The van der Waals surface area contributed by atoms with Gasteiger partial charge in [-0.1, -0.05) is 20.8 Å². The zero-order valence-corrected chi connectivity index (χ0v) is 8.95. The summed E-state index contributed by atoms with van der Waals surface area (Å²) in [4.78, 5) is 0. The Bertz CT molecular complexity index is 154. The van der Waals surface area contributed by atoms with Crippen LogP contribution in [0, 0.1) is 5.41 Å². The van der Waals surface area contributed by atoms with Gasteiger partial charge >= 0.3 is 0 Å². The fourth-order valence-corrected chi connectivity index (χ4v) is 2.12. The van der Waals surface area contributed by atoms with E-state index in [4.69, 9.17) is 0 Å². The Morgan fingerprint density at radius 3 is 2.75 bits per heavy atom. The van der Waals surface area contributed by atoms with Crippen LogP contribution in [0.3, 0.4) is 0 Å². The maximum Gasteiger partial charge on any atom is 0.0538 e. The number of hydrogen-bond acceptors (Lipinski definition) is 3. The lowest BCUT2D eigenvalue weighted by Crippen LogP contribution is -2.24. The second-order valence-corrected chi connectivity index (χ2v) is 5.46. The van der Waals surface area contributed by atoms with Gasteiger partial charge in [-0.25, -0.2) is 0 Å². The van der Waals surface area contributed by atoms with Crippen LogP contribution in [0.25, 0.3) is 0 Å². The molecule has 0 saturated carbocycles. The molecular formula is C9H18N2S. The van der Waals surface area contributed by atoms with Crippen LogP contribution in [-0.4, -0.2) is 23.8 Å². The molecule has 0 aromatic carbocycles. The van der Waals surface area contributed by atoms with Crippen molar-refractivity contribution >= 4 is 18.0 Å². The number of hydrazone groups is 1. The Kier molecular flexibility index (Phi) is 3.44. The maximum absolute atomic E-state index is 4.24. The SMILES string of the molecule is CC(C)(C)/C=N/NC1CCSC1. The topological polar surface area (TPSA) is 24.4 Å². The molecule has 1 fully saturated rings. The lowest BCUT2D eigenvalue weighted by atomic mass is 9.99. The van der Waals surface area contributed by atoms with Gasteiger partial charge in [-0.15, -0.1) is 0 Å². The molecule has 0 spiro atoms. The van der Waals surface area contributed by atoms with Crippen LogP contribution in [0.2, 0.25) is 0 Å². The highest BCUT2D eigenvalue weighted by Gasteiger charge is 2.14. The van der Waals surface area contributed by atoms with E-state index in [-0.39, 0.29) is 5.41 Å². The average Bonchev–Trinajstić information content (AvgIpc) is 2.36. The molecule has 1 unspecified atom stereocenters. The number of thioether (sulfide) groups is 1. The van der Waals surface area contributed by atoms with Crippen molar-refractivity contribution < 1.29 is 0 Å². The first-order valence-corrected chi connectivity index (χ1v) is 5.61. The molecule has 1 atom stereocenters. The smallest absolute Gasteiger partial charge is 0.0538 e. The third-order valence-corrected chi connectivity index (χ3v) is 2.80. The zero-order chi connectivity index (χ0) is 9.03. The average molecular weight is 186 g/mol. The van der Waals surface area contributed by atoms with Crippen molar-refractivity contribution in [3.8, 4) is 0 Å². The quantitative estimate of drug-likeness (QED) is 0.527. The summed E-state index contributed by atoms with van der Waals surface area (Å²) in [5.41, 5.74) is 3.38. The summed E-state index contributed by atoms with van der Waals surface area (Å²) in [5.74, 6) is 2.49. The molecule has 1 saturated heterocycles. The Balaban J connectivity index is 2.20. The lowest BCUT2D eigenvalue weighted by Gasteiger charge is -2.12. The fourth-order valence-electron chi connectivity index (χ4n) is 0.973. The fraction of sp³-hybridized carbons (Fsp3) is 0.889. The maximum atomic E-state index is 4.24. The first-order chi connectivity index (χ1) is 5.58. The summed E-state index contributed by atoms with van der Waals surface area (Å²) in [6.07, 6.45) is 3.24. The minimum Gasteiger partial charge on any atom is -0.306 e. The van der Waals surface area contributed by atoms with Crippen LogP contribution >= 0.6 is 11.8 Å². The van der Waals surface area contributed by atoms with Crippen LogP contribution in [-0.2, 0) is 0 Å². The van der Waals surface area contributed by atoms with Crippen molar-refractivity contribution in [3.63, 3.8) is 0 Å². The molecule has 70 valence electrons. The standard InChI is InChI=1S/C9H18N2S/c1-9(2,3)7-10-11-8-4-5-12-6-8/h7-8,11H,4-6H2,1-3H3/b10-7+. The minimum absolute atomic E-state index is 0.193. The van der Waals surface area contributed by atoms with Crippen molar-refractivity contribution in [3.05, 3.63) is 0 Å². The largest absolute Gasteiger partial charge is 0.306 e. The molecule has 1 rings (SSSR count). The molecule has 3 heteroatoms. The molecule has 0 bridgehead atoms. The van der Waals surface area contributed by atoms with E-state index in [1.165, 1.54) is 17.9 Å². The normalized spacial score (nSPS) is 25.1. The molecule has 0 aromatic heterocycles. The van der Waals surface area contributed by atoms with Gasteiger partial charge in [0.25, 0.3) is 0 Å². The second kappa shape index (κ2) is 4.17. The molecule has 2 nitrogen and oxygen atoms in total. The van der Waals surface area contributed by atoms with Crippen LogP contribution in [0.15, 0.2) is 5.10 Å². The number of rotatable bonds is 2. The second-order valence-electron chi connectivity index (χ2n) is 4.31. The molecule has 0 aliphatic carbocycles. The van der Waals surface area contributed by atoms with E-state index in [1.807, 2.05) is 18.0 Å². The third-order valence-electron chi connectivity index (χ3n) is 1.64. The van der Waals surface area contributed by atoms with Crippen LogP contribution in [0.4, 0.5) is 0 Å². The van der Waals surface area contributed by atoms with Crippen molar-refractivity contribution in [2.45, 2.75) is 33.2 Å². The third kappa shape index (κ3) is 4.00. The van der Waals surface area contributed by atoms with Crippen LogP contribution in [0.5, 0.6) is 0 Å². The van der Waals surface area contributed by atoms with Gasteiger partial charge < -0.3 is 5.43 Å². The summed E-state index contributed by atoms with van der Waals surface area (Å²) < 4.78 is 0. The monoisotopic (exact) mass is 186 g/mol. The van der Waals surface area contributed by atoms with Gasteiger partial charge in [-0.3, -0.25) is 0 Å². The first-order valence-electron chi connectivity index (χ1n) is 4.45. The summed E-state index contributed by atoms with van der Waals surface area (Å²) in [6.45, 7) is 6.46. The highest BCUT2D eigenvalue weighted by atomic mass is 32.2. The predicted octanol–water partition coefficient (Wildman–Crippen LogP) is 2.11.